The number of benzene rings is 2. The molecule has 0 bridgehead atoms. The lowest BCUT2D eigenvalue weighted by molar-refractivity contribution is -0.132. The van der Waals surface area contributed by atoms with Gasteiger partial charge in [0.15, 0.2) is 0 Å². The lowest BCUT2D eigenvalue weighted by atomic mass is 10.2. The van der Waals surface area contributed by atoms with Gasteiger partial charge in [-0.25, -0.2) is 4.79 Å². The number of fused-ring (bicyclic) bond motifs is 1. The lowest BCUT2D eigenvalue weighted by Crippen LogP contribution is -2.43. The molecule has 3 rings (SSSR count). The van der Waals surface area contributed by atoms with Crippen molar-refractivity contribution in [2.45, 2.75) is 13.1 Å². The minimum Gasteiger partial charge on any atom is -0.336 e. The number of rotatable bonds is 7. The van der Waals surface area contributed by atoms with Gasteiger partial charge in [0.1, 0.15) is 6.54 Å². The molecule has 3 aromatic rings. The van der Waals surface area contributed by atoms with Crippen LogP contribution < -0.4 is 11.2 Å². The maximum atomic E-state index is 13.0. The van der Waals surface area contributed by atoms with Crippen LogP contribution in [0, 0.1) is 0 Å². The molecule has 1 amide bonds. The Hall–Kier alpha value is -2.90. The van der Waals surface area contributed by atoms with E-state index in [9.17, 15) is 14.4 Å². The van der Waals surface area contributed by atoms with Gasteiger partial charge in [-0.15, -0.1) is 0 Å². The lowest BCUT2D eigenvalue weighted by Gasteiger charge is -2.25. The van der Waals surface area contributed by atoms with Gasteiger partial charge in [0.25, 0.3) is 5.56 Å². The second kappa shape index (κ2) is 9.07. The Balaban J connectivity index is 1.87. The van der Waals surface area contributed by atoms with Gasteiger partial charge in [-0.2, -0.15) is 0 Å². The number of aromatic nitrogens is 2. The van der Waals surface area contributed by atoms with Gasteiger partial charge in [-0.05, 0) is 43.9 Å². The standard InChI is InChI=1S/C21H23ClN4O3/c1-24(2)11-12-25(13-15-7-9-16(22)10-8-15)19(27)14-26-20(28)17-5-3-4-6-18(17)23-21(26)29/h3-10H,11-14H2,1-2H3,(H,23,29). The molecule has 0 unspecified atom stereocenters. The number of H-pyrrole nitrogens is 1. The van der Waals surface area contributed by atoms with Crippen molar-refractivity contribution in [3.8, 4) is 0 Å². The number of carbonyl (C=O) groups is 1. The fourth-order valence-corrected chi connectivity index (χ4v) is 3.13. The Morgan fingerprint density at radius 3 is 2.41 bits per heavy atom. The largest absolute Gasteiger partial charge is 0.336 e. The van der Waals surface area contributed by atoms with Crippen molar-refractivity contribution in [1.29, 1.82) is 0 Å². The number of hydrogen-bond donors (Lipinski definition) is 1. The molecule has 1 aromatic heterocycles. The van der Waals surface area contributed by atoms with Crippen LogP contribution in [0.2, 0.25) is 5.02 Å². The third-order valence-electron chi connectivity index (χ3n) is 4.64. The van der Waals surface area contributed by atoms with Gasteiger partial charge in [0.05, 0.1) is 10.9 Å². The van der Waals surface area contributed by atoms with Gasteiger partial charge in [0, 0.05) is 24.7 Å². The molecule has 0 saturated carbocycles. The maximum Gasteiger partial charge on any atom is 0.329 e. The zero-order valence-electron chi connectivity index (χ0n) is 16.4. The van der Waals surface area contributed by atoms with E-state index in [0.29, 0.717) is 35.6 Å². The number of amides is 1. The number of carbonyl (C=O) groups excluding carboxylic acids is 1. The summed E-state index contributed by atoms with van der Waals surface area (Å²) in [7, 11) is 3.84. The van der Waals surface area contributed by atoms with Crippen molar-refractivity contribution in [3.63, 3.8) is 0 Å². The van der Waals surface area contributed by atoms with Crippen LogP contribution in [0.3, 0.4) is 0 Å². The topological polar surface area (TPSA) is 78.4 Å². The first-order chi connectivity index (χ1) is 13.8. The fraction of sp³-hybridized carbons (Fsp3) is 0.286. The molecule has 0 aliphatic rings. The van der Waals surface area contributed by atoms with Crippen molar-refractivity contribution < 1.29 is 4.79 Å². The molecule has 0 radical (unpaired) electrons. The van der Waals surface area contributed by atoms with E-state index in [1.165, 1.54) is 0 Å². The van der Waals surface area contributed by atoms with Crippen molar-refractivity contribution in [2.75, 3.05) is 27.2 Å². The smallest absolute Gasteiger partial charge is 0.329 e. The Morgan fingerprint density at radius 1 is 1.03 bits per heavy atom. The average molecular weight is 415 g/mol. The summed E-state index contributed by atoms with van der Waals surface area (Å²) in [5.74, 6) is -0.301. The van der Waals surface area contributed by atoms with Crippen LogP contribution in [0.15, 0.2) is 58.1 Å². The molecule has 1 N–H and O–H groups in total. The number of para-hydroxylation sites is 1. The number of nitrogens with one attached hydrogen (secondary N) is 1. The monoisotopic (exact) mass is 414 g/mol. The highest BCUT2D eigenvalue weighted by Crippen LogP contribution is 2.12. The average Bonchev–Trinajstić information content (AvgIpc) is 2.69. The summed E-state index contributed by atoms with van der Waals surface area (Å²) in [4.78, 5) is 44.4. The molecule has 0 spiro atoms. The van der Waals surface area contributed by atoms with Crippen LogP contribution >= 0.6 is 11.6 Å². The van der Waals surface area contributed by atoms with E-state index in [4.69, 9.17) is 11.6 Å². The Bertz CT molecular complexity index is 1120. The summed E-state index contributed by atoms with van der Waals surface area (Å²) in [6.07, 6.45) is 0. The number of aromatic amines is 1. The molecule has 29 heavy (non-hydrogen) atoms. The van der Waals surface area contributed by atoms with Gasteiger partial charge in [-0.3, -0.25) is 14.2 Å². The first-order valence-electron chi connectivity index (χ1n) is 9.24. The summed E-state index contributed by atoms with van der Waals surface area (Å²) in [5, 5.41) is 0.992. The molecule has 0 fully saturated rings. The minimum absolute atomic E-state index is 0.301. The third-order valence-corrected chi connectivity index (χ3v) is 4.89. The van der Waals surface area contributed by atoms with Gasteiger partial charge >= 0.3 is 5.69 Å². The predicted molar refractivity (Wildman–Crippen MR) is 114 cm³/mol. The SMILES string of the molecule is CN(C)CCN(Cc1ccc(Cl)cc1)C(=O)Cn1c(=O)[nH]c2ccccc2c1=O. The molecule has 0 saturated heterocycles. The van der Waals surface area contributed by atoms with E-state index in [1.807, 2.05) is 31.1 Å². The van der Waals surface area contributed by atoms with Crippen molar-refractivity contribution in [2.24, 2.45) is 0 Å². The number of halogens is 1. The van der Waals surface area contributed by atoms with Crippen molar-refractivity contribution in [1.82, 2.24) is 19.4 Å². The normalized spacial score (nSPS) is 11.2. The van der Waals surface area contributed by atoms with E-state index in [2.05, 4.69) is 4.98 Å². The molecule has 0 atom stereocenters. The molecule has 0 aliphatic heterocycles. The summed E-state index contributed by atoms with van der Waals surface area (Å²) in [6, 6.07) is 14.0. The van der Waals surface area contributed by atoms with Crippen LogP contribution in [0.4, 0.5) is 0 Å². The maximum absolute atomic E-state index is 13.0. The second-order valence-electron chi connectivity index (χ2n) is 7.11. The van der Waals surface area contributed by atoms with Crippen molar-refractivity contribution >= 4 is 28.4 Å². The van der Waals surface area contributed by atoms with Gasteiger partial charge < -0.3 is 14.8 Å². The molecule has 1 heterocycles. The zero-order chi connectivity index (χ0) is 21.0. The molecular formula is C21H23ClN4O3. The quantitative estimate of drug-likeness (QED) is 0.640. The molecule has 7 nitrogen and oxygen atoms in total. The second-order valence-corrected chi connectivity index (χ2v) is 7.55. The van der Waals surface area contributed by atoms with E-state index >= 15 is 0 Å². The first kappa shape index (κ1) is 20.8. The van der Waals surface area contributed by atoms with E-state index in [1.54, 1.807) is 41.3 Å². The van der Waals surface area contributed by atoms with E-state index in [-0.39, 0.29) is 12.5 Å². The molecule has 8 heteroatoms. The summed E-state index contributed by atoms with van der Waals surface area (Å²) >= 11 is 5.94. The van der Waals surface area contributed by atoms with E-state index < -0.39 is 11.2 Å². The molecule has 0 aliphatic carbocycles. The molecule has 152 valence electrons. The third kappa shape index (κ3) is 5.13. The highest BCUT2D eigenvalue weighted by Gasteiger charge is 2.18. The van der Waals surface area contributed by atoms with Crippen LogP contribution in [0.25, 0.3) is 10.9 Å². The van der Waals surface area contributed by atoms with E-state index in [0.717, 1.165) is 10.1 Å². The van der Waals surface area contributed by atoms with Crippen LogP contribution in [-0.2, 0) is 17.9 Å². The Kier molecular flexibility index (Phi) is 6.51. The van der Waals surface area contributed by atoms with Gasteiger partial charge in [-0.1, -0.05) is 35.9 Å². The number of nitrogens with zero attached hydrogens (tertiary/aromatic N) is 3. The van der Waals surface area contributed by atoms with Crippen LogP contribution in [0.5, 0.6) is 0 Å². The minimum atomic E-state index is -0.596. The number of hydrogen-bond acceptors (Lipinski definition) is 4. The molecule has 2 aromatic carbocycles. The highest BCUT2D eigenvalue weighted by atomic mass is 35.5. The molecular weight excluding hydrogens is 392 g/mol. The first-order valence-corrected chi connectivity index (χ1v) is 9.62. The zero-order valence-corrected chi connectivity index (χ0v) is 17.1. The van der Waals surface area contributed by atoms with Gasteiger partial charge in [0.2, 0.25) is 5.91 Å². The predicted octanol–water partition coefficient (Wildman–Crippen LogP) is 1.93. The highest BCUT2D eigenvalue weighted by molar-refractivity contribution is 6.30. The van der Waals surface area contributed by atoms with Crippen molar-refractivity contribution in [3.05, 3.63) is 80.0 Å². The summed E-state index contributed by atoms with van der Waals surface area (Å²) in [5.41, 5.74) is 0.302. The Labute approximate surface area is 173 Å². The summed E-state index contributed by atoms with van der Waals surface area (Å²) < 4.78 is 0.954. The summed E-state index contributed by atoms with van der Waals surface area (Å²) in [6.45, 7) is 1.17. The number of likely N-dealkylation sites (N-methyl/N-ethyl adjacent to an activating group) is 1. The Morgan fingerprint density at radius 2 is 1.72 bits per heavy atom. The van der Waals surface area contributed by atoms with Crippen LogP contribution in [0.1, 0.15) is 5.56 Å². The fourth-order valence-electron chi connectivity index (χ4n) is 3.00. The van der Waals surface area contributed by atoms with Crippen LogP contribution in [-0.4, -0.2) is 52.4 Å².